The number of halogens is 1. The zero-order chi connectivity index (χ0) is 13.1. The van der Waals surface area contributed by atoms with Crippen LogP contribution < -0.4 is 0 Å². The van der Waals surface area contributed by atoms with Crippen molar-refractivity contribution in [2.45, 2.75) is 6.42 Å². The van der Waals surface area contributed by atoms with Gasteiger partial charge in [0.1, 0.15) is 11.5 Å². The van der Waals surface area contributed by atoms with E-state index in [1.807, 2.05) is 24.3 Å². The Hall–Kier alpha value is -1.81. The van der Waals surface area contributed by atoms with Crippen LogP contribution in [0.5, 0.6) is 11.5 Å². The first-order valence-corrected chi connectivity index (χ1v) is 6.15. The molecule has 0 aliphatic carbocycles. The lowest BCUT2D eigenvalue weighted by Gasteiger charge is -2.05. The van der Waals surface area contributed by atoms with Crippen LogP contribution in [0.2, 0.25) is 0 Å². The van der Waals surface area contributed by atoms with Crippen molar-refractivity contribution in [3.63, 3.8) is 0 Å². The molecule has 3 nitrogen and oxygen atoms in total. The molecule has 0 fully saturated rings. The summed E-state index contributed by atoms with van der Waals surface area (Å²) in [6.45, 7) is 0. The molecule has 0 amide bonds. The predicted octanol–water partition coefficient (Wildman–Crippen LogP) is 3.29. The summed E-state index contributed by atoms with van der Waals surface area (Å²) in [6.07, 6.45) is 0.177. The molecule has 0 saturated carbocycles. The quantitative estimate of drug-likeness (QED) is 0.676. The number of aromatic hydroxyl groups is 2. The maximum Gasteiger partial charge on any atom is 0.171 e. The van der Waals surface area contributed by atoms with E-state index in [1.54, 1.807) is 0 Å². The first-order valence-electron chi connectivity index (χ1n) is 5.36. The fraction of sp³-hybridized carbons (Fsp3) is 0.0714. The number of carbonyl (C=O) groups is 1. The van der Waals surface area contributed by atoms with Crippen molar-refractivity contribution in [1.29, 1.82) is 0 Å². The maximum absolute atomic E-state index is 12.0. The molecule has 18 heavy (non-hydrogen) atoms. The van der Waals surface area contributed by atoms with Crippen LogP contribution in [0, 0.1) is 0 Å². The van der Waals surface area contributed by atoms with Crippen LogP contribution in [0.3, 0.4) is 0 Å². The summed E-state index contributed by atoms with van der Waals surface area (Å²) in [6, 6.07) is 11.3. The molecule has 0 spiro atoms. The van der Waals surface area contributed by atoms with E-state index in [0.29, 0.717) is 0 Å². The van der Waals surface area contributed by atoms with E-state index in [1.165, 1.54) is 18.2 Å². The van der Waals surface area contributed by atoms with Gasteiger partial charge in [0.2, 0.25) is 0 Å². The number of ketones is 1. The topological polar surface area (TPSA) is 57.5 Å². The first kappa shape index (κ1) is 12.6. The van der Waals surface area contributed by atoms with Crippen molar-refractivity contribution in [3.8, 4) is 11.5 Å². The number of hydrogen-bond donors (Lipinski definition) is 2. The minimum atomic E-state index is -0.235. The zero-order valence-corrected chi connectivity index (χ0v) is 11.0. The lowest BCUT2D eigenvalue weighted by molar-refractivity contribution is 0.0990. The fourth-order valence-electron chi connectivity index (χ4n) is 1.67. The number of benzene rings is 2. The Morgan fingerprint density at radius 3 is 2.61 bits per heavy atom. The average Bonchev–Trinajstić information content (AvgIpc) is 2.32. The molecule has 0 aliphatic heterocycles. The van der Waals surface area contributed by atoms with Crippen LogP contribution in [0.4, 0.5) is 0 Å². The van der Waals surface area contributed by atoms with Gasteiger partial charge in [0, 0.05) is 10.9 Å². The summed E-state index contributed by atoms with van der Waals surface area (Å²) in [5.74, 6) is -0.389. The van der Waals surface area contributed by atoms with Gasteiger partial charge in [-0.15, -0.1) is 0 Å². The molecule has 2 rings (SSSR count). The van der Waals surface area contributed by atoms with Crippen LogP contribution in [0.25, 0.3) is 0 Å². The molecule has 2 N–H and O–H groups in total. The van der Waals surface area contributed by atoms with Gasteiger partial charge in [0.25, 0.3) is 0 Å². The Balaban J connectivity index is 2.24. The number of rotatable bonds is 3. The normalized spacial score (nSPS) is 10.3. The average molecular weight is 307 g/mol. The predicted molar refractivity (Wildman–Crippen MR) is 71.9 cm³/mol. The second-order valence-corrected chi connectivity index (χ2v) is 4.85. The van der Waals surface area contributed by atoms with Gasteiger partial charge < -0.3 is 10.2 Å². The number of hydrogen-bond acceptors (Lipinski definition) is 3. The second-order valence-electron chi connectivity index (χ2n) is 3.93. The van der Waals surface area contributed by atoms with Crippen molar-refractivity contribution in [3.05, 3.63) is 58.1 Å². The van der Waals surface area contributed by atoms with Gasteiger partial charge in [0.05, 0.1) is 5.56 Å². The van der Waals surface area contributed by atoms with E-state index in [2.05, 4.69) is 15.9 Å². The van der Waals surface area contributed by atoms with E-state index in [9.17, 15) is 15.0 Å². The molecule has 2 aromatic carbocycles. The summed E-state index contributed by atoms with van der Waals surface area (Å²) in [5, 5.41) is 18.9. The minimum absolute atomic E-state index is 0.0367. The van der Waals surface area contributed by atoms with Gasteiger partial charge in [-0.2, -0.15) is 0 Å². The summed E-state index contributed by atoms with van der Waals surface area (Å²) in [5.41, 5.74) is 0.979. The van der Waals surface area contributed by atoms with Crippen molar-refractivity contribution in [2.24, 2.45) is 0 Å². The van der Waals surface area contributed by atoms with Crippen molar-refractivity contribution >= 4 is 21.7 Å². The smallest absolute Gasteiger partial charge is 0.171 e. The number of Topliss-reactive ketones (excluding diaryl/α,β-unsaturated/α-hetero) is 1. The van der Waals surface area contributed by atoms with Gasteiger partial charge in [-0.05, 0) is 35.9 Å². The third kappa shape index (κ3) is 2.90. The summed E-state index contributed by atoms with van der Waals surface area (Å²) >= 11 is 3.33. The molecular weight excluding hydrogens is 296 g/mol. The van der Waals surface area contributed by atoms with Gasteiger partial charge in [-0.25, -0.2) is 0 Å². The van der Waals surface area contributed by atoms with Crippen molar-refractivity contribution in [2.75, 3.05) is 0 Å². The van der Waals surface area contributed by atoms with Crippen LogP contribution >= 0.6 is 15.9 Å². The van der Waals surface area contributed by atoms with Gasteiger partial charge in [-0.3, -0.25) is 4.79 Å². The van der Waals surface area contributed by atoms with Crippen LogP contribution in [-0.4, -0.2) is 16.0 Å². The molecule has 2 aromatic rings. The monoisotopic (exact) mass is 306 g/mol. The highest BCUT2D eigenvalue weighted by atomic mass is 79.9. The fourth-order valence-corrected chi connectivity index (χ4v) is 2.12. The molecule has 0 aromatic heterocycles. The summed E-state index contributed by atoms with van der Waals surface area (Å²) in [7, 11) is 0. The van der Waals surface area contributed by atoms with E-state index >= 15 is 0 Å². The van der Waals surface area contributed by atoms with Gasteiger partial charge >= 0.3 is 0 Å². The molecule has 0 aliphatic rings. The van der Waals surface area contributed by atoms with E-state index in [0.717, 1.165) is 10.0 Å². The first-order chi connectivity index (χ1) is 8.56. The summed E-state index contributed by atoms with van der Waals surface area (Å²) in [4.78, 5) is 12.0. The largest absolute Gasteiger partial charge is 0.508 e. The Labute approximate surface area is 113 Å². The van der Waals surface area contributed by atoms with Crippen molar-refractivity contribution in [1.82, 2.24) is 0 Å². The lowest BCUT2D eigenvalue weighted by atomic mass is 10.0. The Morgan fingerprint density at radius 1 is 1.11 bits per heavy atom. The SMILES string of the molecule is O=C(Cc1cccc(Br)c1)c1cc(O)ccc1O. The number of phenolic OH excluding ortho intramolecular Hbond substituents is 2. The molecule has 92 valence electrons. The number of phenols is 2. The molecule has 0 bridgehead atoms. The molecule has 0 radical (unpaired) electrons. The highest BCUT2D eigenvalue weighted by Crippen LogP contribution is 2.24. The Kier molecular flexibility index (Phi) is 3.67. The minimum Gasteiger partial charge on any atom is -0.508 e. The Morgan fingerprint density at radius 2 is 1.89 bits per heavy atom. The van der Waals surface area contributed by atoms with Crippen LogP contribution in [0.1, 0.15) is 15.9 Å². The molecule has 0 atom stereocenters. The third-order valence-corrected chi connectivity index (χ3v) is 3.03. The molecule has 4 heteroatoms. The lowest BCUT2D eigenvalue weighted by Crippen LogP contribution is -2.03. The molecule has 0 unspecified atom stereocenters. The highest BCUT2D eigenvalue weighted by molar-refractivity contribution is 9.10. The Bertz CT molecular complexity index is 593. The zero-order valence-electron chi connectivity index (χ0n) is 9.43. The van der Waals surface area contributed by atoms with E-state index in [4.69, 9.17) is 0 Å². The van der Waals surface area contributed by atoms with E-state index in [-0.39, 0.29) is 29.3 Å². The van der Waals surface area contributed by atoms with Crippen LogP contribution in [-0.2, 0) is 6.42 Å². The number of carbonyl (C=O) groups excluding carboxylic acids is 1. The molecule has 0 heterocycles. The second kappa shape index (κ2) is 5.23. The molecule has 0 saturated heterocycles. The van der Waals surface area contributed by atoms with Gasteiger partial charge in [0.15, 0.2) is 5.78 Å². The maximum atomic E-state index is 12.0. The standard InChI is InChI=1S/C14H11BrO3/c15-10-3-1-2-9(6-10)7-14(18)12-8-11(16)4-5-13(12)17/h1-6,8,16-17H,7H2. The van der Waals surface area contributed by atoms with Crippen LogP contribution in [0.15, 0.2) is 46.9 Å². The molecular formula is C14H11BrO3. The van der Waals surface area contributed by atoms with E-state index < -0.39 is 0 Å². The van der Waals surface area contributed by atoms with Crippen molar-refractivity contribution < 1.29 is 15.0 Å². The third-order valence-electron chi connectivity index (χ3n) is 2.53. The highest BCUT2D eigenvalue weighted by Gasteiger charge is 2.12. The summed E-state index contributed by atoms with van der Waals surface area (Å²) < 4.78 is 0.896. The van der Waals surface area contributed by atoms with Gasteiger partial charge in [-0.1, -0.05) is 28.1 Å².